The van der Waals surface area contributed by atoms with E-state index in [0.29, 0.717) is 0 Å². The summed E-state index contributed by atoms with van der Waals surface area (Å²) in [7, 11) is 0. The van der Waals surface area contributed by atoms with Crippen LogP contribution in [0.15, 0.2) is 15.8 Å². The van der Waals surface area contributed by atoms with E-state index in [0.717, 1.165) is 0 Å². The number of H-pyrrole nitrogens is 2. The number of hydrogen-bond acceptors (Lipinski definition) is 6. The van der Waals surface area contributed by atoms with Gasteiger partial charge in [-0.1, -0.05) is 46.4 Å². The predicted octanol–water partition coefficient (Wildman–Crippen LogP) is 2.06. The van der Waals surface area contributed by atoms with Gasteiger partial charge in [0, 0.05) is 0 Å². The normalized spacial score (nSPS) is 9.71. The molecule has 2 aromatic heterocycles. The molecule has 2 aromatic rings. The predicted molar refractivity (Wildman–Crippen MR) is 76.4 cm³/mol. The molecule has 2 heterocycles. The molecule has 0 amide bonds. The maximum Gasteiger partial charge on any atom is 0.408 e. The van der Waals surface area contributed by atoms with Crippen molar-refractivity contribution in [1.82, 2.24) is 20.4 Å². The average Bonchev–Trinajstić information content (AvgIpc) is 2.42. The highest BCUT2D eigenvalue weighted by atomic mass is 35.5. The molecule has 0 unspecified atom stereocenters. The summed E-state index contributed by atoms with van der Waals surface area (Å²) in [6, 6.07) is 0. The number of halogens is 4. The lowest BCUT2D eigenvalue weighted by atomic mass is 10.5. The summed E-state index contributed by atoms with van der Waals surface area (Å²) in [6.45, 7) is 0. The lowest BCUT2D eigenvalue weighted by Gasteiger charge is -1.93. The van der Waals surface area contributed by atoms with Gasteiger partial charge in [0.1, 0.15) is 10.0 Å². The van der Waals surface area contributed by atoms with Gasteiger partial charge in [-0.25, -0.2) is 5.10 Å². The molecule has 0 aliphatic carbocycles. The average molecular weight is 375 g/mol. The molecule has 0 fully saturated rings. The van der Waals surface area contributed by atoms with Crippen molar-refractivity contribution in [3.8, 4) is 0 Å². The number of nitro groups is 1. The van der Waals surface area contributed by atoms with Crippen LogP contribution in [0.3, 0.4) is 0 Å². The van der Waals surface area contributed by atoms with Crippen LogP contribution < -0.4 is 11.1 Å². The van der Waals surface area contributed by atoms with Crippen molar-refractivity contribution in [2.45, 2.75) is 0 Å². The van der Waals surface area contributed by atoms with E-state index in [-0.39, 0.29) is 10.0 Å². The molecule has 0 radical (unpaired) electrons. The summed E-state index contributed by atoms with van der Waals surface area (Å²) < 4.78 is 0. The van der Waals surface area contributed by atoms with Gasteiger partial charge in [-0.2, -0.15) is 5.10 Å². The van der Waals surface area contributed by atoms with Gasteiger partial charge in [0.05, 0.1) is 16.3 Å². The molecule has 9 nitrogen and oxygen atoms in total. The van der Waals surface area contributed by atoms with Gasteiger partial charge < -0.3 is 10.1 Å². The Hall–Kier alpha value is -1.68. The van der Waals surface area contributed by atoms with Gasteiger partial charge in [0.15, 0.2) is 5.02 Å². The van der Waals surface area contributed by atoms with Crippen molar-refractivity contribution in [2.75, 3.05) is 0 Å². The highest BCUT2D eigenvalue weighted by Crippen LogP contribution is 2.25. The summed E-state index contributed by atoms with van der Waals surface area (Å²) in [5, 5.41) is 19.8. The van der Waals surface area contributed by atoms with Crippen LogP contribution in [0.5, 0.6) is 0 Å². The van der Waals surface area contributed by atoms with Crippen LogP contribution in [0, 0.1) is 10.1 Å². The minimum atomic E-state index is -0.843. The van der Waals surface area contributed by atoms with E-state index in [1.54, 1.807) is 0 Å². The van der Waals surface area contributed by atoms with Crippen molar-refractivity contribution in [2.24, 2.45) is 0 Å². The van der Waals surface area contributed by atoms with E-state index < -0.39 is 31.9 Å². The van der Waals surface area contributed by atoms with Crippen molar-refractivity contribution in [1.29, 1.82) is 0 Å². The van der Waals surface area contributed by atoms with Gasteiger partial charge >= 0.3 is 11.4 Å². The largest absolute Gasteiger partial charge is 0.408 e. The molecular formula is C8H3Cl4N5O4. The van der Waals surface area contributed by atoms with Gasteiger partial charge in [0.2, 0.25) is 0 Å². The van der Waals surface area contributed by atoms with Crippen LogP contribution >= 0.6 is 46.4 Å². The summed E-state index contributed by atoms with van der Waals surface area (Å²) in [5.41, 5.74) is -1.23. The van der Waals surface area contributed by atoms with Crippen LogP contribution in [0.2, 0.25) is 20.1 Å². The Morgan fingerprint density at radius 2 is 1.57 bits per heavy atom. The molecule has 0 atom stereocenters. The maximum atomic E-state index is 10.7. The molecule has 2 N–H and O–H groups in total. The van der Waals surface area contributed by atoms with Crippen LogP contribution in [-0.4, -0.2) is 25.3 Å². The second-order valence-corrected chi connectivity index (χ2v) is 4.66. The standard InChI is InChI=1S/C4HCl2N3O3.C4H2Cl2N2O/c5-1-2(6)4(10)8-7-3(1)9(11)12;5-2-1-7-8-4(9)3(2)6/h(H,8,10);1H,(H,8,9). The third-order valence-corrected chi connectivity index (χ3v) is 3.35. The number of nitrogens with one attached hydrogen (secondary N) is 2. The Balaban J connectivity index is 0.000000219. The van der Waals surface area contributed by atoms with Crippen molar-refractivity contribution < 1.29 is 4.92 Å². The molecule has 2 rings (SSSR count). The first-order valence-corrected chi connectivity index (χ1v) is 6.23. The Bertz CT molecular complexity index is 789. The van der Waals surface area contributed by atoms with Crippen LogP contribution in [0.1, 0.15) is 0 Å². The number of rotatable bonds is 1. The summed E-state index contributed by atoms with van der Waals surface area (Å²) in [6.07, 6.45) is 1.27. The van der Waals surface area contributed by atoms with Gasteiger partial charge in [-0.15, -0.1) is 5.10 Å². The number of nitrogens with zero attached hydrogens (tertiary/aromatic N) is 3. The minimum Gasteiger partial charge on any atom is -0.358 e. The topological polar surface area (TPSA) is 135 Å². The number of hydrogen-bond donors (Lipinski definition) is 2. The van der Waals surface area contributed by atoms with E-state index in [9.17, 15) is 19.7 Å². The van der Waals surface area contributed by atoms with Crippen LogP contribution in [0.25, 0.3) is 0 Å². The highest BCUT2D eigenvalue weighted by Gasteiger charge is 2.19. The van der Waals surface area contributed by atoms with E-state index in [1.807, 2.05) is 5.10 Å². The lowest BCUT2D eigenvalue weighted by molar-refractivity contribution is -0.390. The third kappa shape index (κ3) is 4.39. The Morgan fingerprint density at radius 1 is 1.00 bits per heavy atom. The Labute approximate surface area is 134 Å². The van der Waals surface area contributed by atoms with E-state index in [1.165, 1.54) is 6.20 Å². The fourth-order valence-corrected chi connectivity index (χ4v) is 1.43. The number of aromatic amines is 2. The third-order valence-electron chi connectivity index (χ3n) is 1.78. The zero-order valence-corrected chi connectivity index (χ0v) is 12.6. The monoisotopic (exact) mass is 373 g/mol. The summed E-state index contributed by atoms with van der Waals surface area (Å²) in [4.78, 5) is 30.5. The van der Waals surface area contributed by atoms with Gasteiger partial charge in [0.25, 0.3) is 5.56 Å². The van der Waals surface area contributed by atoms with Gasteiger partial charge in [-0.05, 0) is 4.92 Å². The molecule has 13 heteroatoms. The molecule has 0 saturated carbocycles. The Kier molecular flexibility index (Phi) is 6.09. The summed E-state index contributed by atoms with van der Waals surface area (Å²) in [5.74, 6) is -0.665. The molecule has 0 bridgehead atoms. The second-order valence-electron chi connectivity index (χ2n) is 3.12. The first-order valence-electron chi connectivity index (χ1n) is 4.72. The van der Waals surface area contributed by atoms with E-state index in [2.05, 4.69) is 15.3 Å². The van der Waals surface area contributed by atoms with Crippen LogP contribution in [0.4, 0.5) is 5.82 Å². The SMILES string of the molecule is O=c1[nH]nc([N+](=O)[O-])c(Cl)c1Cl.O=c1[nH]ncc(Cl)c1Cl. The highest BCUT2D eigenvalue weighted by molar-refractivity contribution is 6.43. The van der Waals surface area contributed by atoms with E-state index in [4.69, 9.17) is 46.4 Å². The molecule has 0 spiro atoms. The van der Waals surface area contributed by atoms with Crippen molar-refractivity contribution in [3.05, 3.63) is 57.1 Å². The lowest BCUT2D eigenvalue weighted by Crippen LogP contribution is -2.10. The zero-order chi connectivity index (χ0) is 16.2. The van der Waals surface area contributed by atoms with Crippen molar-refractivity contribution in [3.63, 3.8) is 0 Å². The van der Waals surface area contributed by atoms with E-state index >= 15 is 0 Å². The molecular weight excluding hydrogens is 372 g/mol. The summed E-state index contributed by atoms with van der Waals surface area (Å²) >= 11 is 21.4. The minimum absolute atomic E-state index is 0.0216. The maximum absolute atomic E-state index is 10.7. The molecule has 0 aliphatic rings. The van der Waals surface area contributed by atoms with Crippen molar-refractivity contribution >= 4 is 52.2 Å². The number of aromatic nitrogens is 4. The molecule has 112 valence electrons. The Morgan fingerprint density at radius 3 is 2.05 bits per heavy atom. The fraction of sp³-hybridized carbons (Fsp3) is 0. The quantitative estimate of drug-likeness (QED) is 0.579. The molecule has 21 heavy (non-hydrogen) atoms. The van der Waals surface area contributed by atoms with Gasteiger partial charge in [-0.3, -0.25) is 9.59 Å². The molecule has 0 aromatic carbocycles. The molecule has 0 aliphatic heterocycles. The smallest absolute Gasteiger partial charge is 0.358 e. The zero-order valence-electron chi connectivity index (χ0n) is 9.56. The first kappa shape index (κ1) is 17.4. The molecule has 0 saturated heterocycles. The first-order chi connectivity index (χ1) is 9.75. The second kappa shape index (κ2) is 7.36. The van der Waals surface area contributed by atoms with Crippen LogP contribution in [-0.2, 0) is 0 Å². The fourth-order valence-electron chi connectivity index (χ4n) is 0.882.